The van der Waals surface area contributed by atoms with Crippen LogP contribution in [0.4, 0.5) is 5.82 Å². The maximum atomic E-state index is 13.7. The predicted molar refractivity (Wildman–Crippen MR) is 134 cm³/mol. The van der Waals surface area contributed by atoms with Crippen LogP contribution in [-0.2, 0) is 16.4 Å². The number of hydrogen-bond acceptors (Lipinski definition) is 6. The highest BCUT2D eigenvalue weighted by Crippen LogP contribution is 2.35. The molecule has 34 heavy (non-hydrogen) atoms. The first kappa shape index (κ1) is 22.8. The summed E-state index contributed by atoms with van der Waals surface area (Å²) in [6.07, 6.45) is 4.51. The lowest BCUT2D eigenvalue weighted by Crippen LogP contribution is -2.16. The molecule has 0 aliphatic heterocycles. The highest BCUT2D eigenvalue weighted by atomic mass is 35.5. The molecule has 1 aliphatic carbocycles. The van der Waals surface area contributed by atoms with Gasteiger partial charge in [0.25, 0.3) is 0 Å². The van der Waals surface area contributed by atoms with Crippen LogP contribution >= 0.6 is 11.6 Å². The Hall–Kier alpha value is -3.00. The Morgan fingerprint density at radius 2 is 1.68 bits per heavy atom. The molecule has 6 nitrogen and oxygen atoms in total. The van der Waals surface area contributed by atoms with Crippen molar-refractivity contribution >= 4 is 38.2 Å². The Balaban J connectivity index is 1.70. The summed E-state index contributed by atoms with van der Waals surface area (Å²) in [6, 6.07) is 19.1. The maximum Gasteiger partial charge on any atom is 0.207 e. The molecule has 5 rings (SSSR count). The van der Waals surface area contributed by atoms with E-state index >= 15 is 0 Å². The SMILES string of the molecule is O=S(=O)(c1ccccc1CO)c1cc(Cl)ccc1-c1nc(NC2CCCC2)c2ccccc2n1. The van der Waals surface area contributed by atoms with Gasteiger partial charge in [0, 0.05) is 22.0 Å². The third kappa shape index (κ3) is 4.27. The first-order valence-electron chi connectivity index (χ1n) is 11.2. The van der Waals surface area contributed by atoms with Crippen LogP contribution in [0.1, 0.15) is 31.2 Å². The quantitative estimate of drug-likeness (QED) is 0.361. The van der Waals surface area contributed by atoms with Gasteiger partial charge < -0.3 is 10.4 Å². The number of aliphatic hydroxyl groups excluding tert-OH is 1. The Bertz CT molecular complexity index is 1470. The lowest BCUT2D eigenvalue weighted by molar-refractivity contribution is 0.278. The molecule has 1 fully saturated rings. The standard InChI is InChI=1S/C26H24ClN3O3S/c27-18-13-14-21(24(15-18)34(32,33)23-12-6-1-7-17(23)16-31)26-29-22-11-5-4-10-20(22)25(30-26)28-19-8-2-3-9-19/h1,4-7,10-15,19,31H,2-3,8-9,16H2,(H,28,29,30). The zero-order valence-corrected chi connectivity index (χ0v) is 20.0. The Morgan fingerprint density at radius 1 is 0.941 bits per heavy atom. The molecular weight excluding hydrogens is 470 g/mol. The van der Waals surface area contributed by atoms with E-state index in [1.165, 1.54) is 25.0 Å². The van der Waals surface area contributed by atoms with Crippen LogP contribution in [0.25, 0.3) is 22.3 Å². The molecule has 0 saturated heterocycles. The monoisotopic (exact) mass is 493 g/mol. The molecule has 1 aliphatic rings. The van der Waals surface area contributed by atoms with Crippen LogP contribution < -0.4 is 5.32 Å². The molecule has 0 spiro atoms. The summed E-state index contributed by atoms with van der Waals surface area (Å²) in [5.74, 6) is 0.998. The summed E-state index contributed by atoms with van der Waals surface area (Å²) >= 11 is 6.24. The molecule has 0 atom stereocenters. The van der Waals surface area contributed by atoms with Crippen LogP contribution in [0.15, 0.2) is 76.5 Å². The second-order valence-electron chi connectivity index (χ2n) is 8.45. The minimum atomic E-state index is -4.02. The zero-order valence-electron chi connectivity index (χ0n) is 18.4. The predicted octanol–water partition coefficient (Wildman–Crippen LogP) is 5.63. The van der Waals surface area contributed by atoms with Gasteiger partial charge in [-0.25, -0.2) is 18.4 Å². The van der Waals surface area contributed by atoms with E-state index in [4.69, 9.17) is 21.6 Å². The van der Waals surface area contributed by atoms with Crippen molar-refractivity contribution in [3.05, 3.63) is 77.3 Å². The number of nitrogens with one attached hydrogen (secondary N) is 1. The number of rotatable bonds is 6. The number of aromatic nitrogens is 2. The van der Waals surface area contributed by atoms with Gasteiger partial charge in [0.15, 0.2) is 5.82 Å². The van der Waals surface area contributed by atoms with Gasteiger partial charge in [-0.3, -0.25) is 0 Å². The van der Waals surface area contributed by atoms with Crippen LogP contribution in [0.5, 0.6) is 0 Å². The smallest absolute Gasteiger partial charge is 0.207 e. The van der Waals surface area contributed by atoms with Crippen molar-refractivity contribution in [2.45, 2.75) is 48.1 Å². The topological polar surface area (TPSA) is 92.2 Å². The summed E-state index contributed by atoms with van der Waals surface area (Å²) < 4.78 is 27.5. The molecule has 0 unspecified atom stereocenters. The third-order valence-electron chi connectivity index (χ3n) is 6.21. The van der Waals surface area contributed by atoms with Crippen LogP contribution in [0, 0.1) is 0 Å². The first-order chi connectivity index (χ1) is 16.5. The van der Waals surface area contributed by atoms with Gasteiger partial charge in [-0.2, -0.15) is 0 Å². The fourth-order valence-corrected chi connectivity index (χ4v) is 6.43. The van der Waals surface area contributed by atoms with Crippen molar-refractivity contribution < 1.29 is 13.5 Å². The van der Waals surface area contributed by atoms with Crippen LogP contribution in [0.2, 0.25) is 5.02 Å². The Labute approximate surface area is 203 Å². The summed E-state index contributed by atoms with van der Waals surface area (Å²) in [4.78, 5) is 9.54. The maximum absolute atomic E-state index is 13.7. The van der Waals surface area contributed by atoms with Crippen molar-refractivity contribution in [2.75, 3.05) is 5.32 Å². The molecule has 1 heterocycles. The molecule has 8 heteroatoms. The fourth-order valence-electron chi connectivity index (χ4n) is 4.49. The van der Waals surface area contributed by atoms with E-state index in [1.807, 2.05) is 24.3 Å². The number of halogens is 1. The molecule has 1 aromatic heterocycles. The molecule has 2 N–H and O–H groups in total. The molecule has 0 radical (unpaired) electrons. The van der Waals surface area contributed by atoms with E-state index in [1.54, 1.807) is 30.3 Å². The van der Waals surface area contributed by atoms with E-state index in [0.29, 0.717) is 28.8 Å². The van der Waals surface area contributed by atoms with Crippen molar-refractivity contribution in [1.29, 1.82) is 0 Å². The lowest BCUT2D eigenvalue weighted by Gasteiger charge is -2.17. The van der Waals surface area contributed by atoms with E-state index in [2.05, 4.69) is 5.32 Å². The molecule has 1 saturated carbocycles. The van der Waals surface area contributed by atoms with Crippen molar-refractivity contribution in [3.63, 3.8) is 0 Å². The zero-order chi connectivity index (χ0) is 23.7. The molecule has 0 bridgehead atoms. The average molecular weight is 494 g/mol. The normalized spacial score (nSPS) is 14.5. The van der Waals surface area contributed by atoms with Crippen molar-refractivity contribution in [3.8, 4) is 11.4 Å². The highest BCUT2D eigenvalue weighted by molar-refractivity contribution is 7.91. The van der Waals surface area contributed by atoms with E-state index in [9.17, 15) is 13.5 Å². The van der Waals surface area contributed by atoms with E-state index < -0.39 is 16.4 Å². The first-order valence-corrected chi connectivity index (χ1v) is 13.1. The van der Waals surface area contributed by atoms with E-state index in [-0.39, 0.29) is 14.8 Å². The number of hydrogen-bond donors (Lipinski definition) is 2. The number of sulfone groups is 1. The van der Waals surface area contributed by atoms with Gasteiger partial charge in [0.2, 0.25) is 9.84 Å². The van der Waals surface area contributed by atoms with Gasteiger partial charge >= 0.3 is 0 Å². The van der Waals surface area contributed by atoms with Gasteiger partial charge in [0.05, 0.1) is 21.9 Å². The van der Waals surface area contributed by atoms with Crippen LogP contribution in [-0.4, -0.2) is 29.5 Å². The second kappa shape index (κ2) is 9.33. The third-order valence-corrected chi connectivity index (χ3v) is 8.33. The molecule has 4 aromatic rings. The largest absolute Gasteiger partial charge is 0.392 e. The number of anilines is 1. The molecular formula is C26H24ClN3O3S. The Kier molecular flexibility index (Phi) is 6.25. The second-order valence-corrected chi connectivity index (χ2v) is 10.8. The molecule has 174 valence electrons. The fraction of sp³-hybridized carbons (Fsp3) is 0.231. The van der Waals surface area contributed by atoms with Crippen molar-refractivity contribution in [1.82, 2.24) is 9.97 Å². The van der Waals surface area contributed by atoms with Gasteiger partial charge in [0.1, 0.15) is 5.82 Å². The minimum Gasteiger partial charge on any atom is -0.392 e. The number of benzene rings is 3. The minimum absolute atomic E-state index is 0.00278. The van der Waals surface area contributed by atoms with E-state index in [0.717, 1.165) is 23.7 Å². The summed E-state index contributed by atoms with van der Waals surface area (Å²) in [7, 11) is -4.02. The average Bonchev–Trinajstić information content (AvgIpc) is 3.37. The lowest BCUT2D eigenvalue weighted by atomic mass is 10.1. The van der Waals surface area contributed by atoms with Gasteiger partial charge in [-0.15, -0.1) is 0 Å². The number of para-hydroxylation sites is 1. The summed E-state index contributed by atoms with van der Waals surface area (Å²) in [5, 5.41) is 14.5. The summed E-state index contributed by atoms with van der Waals surface area (Å²) in [6.45, 7) is -0.396. The molecule has 0 amide bonds. The van der Waals surface area contributed by atoms with Crippen molar-refractivity contribution in [2.24, 2.45) is 0 Å². The highest BCUT2D eigenvalue weighted by Gasteiger charge is 2.27. The van der Waals surface area contributed by atoms with Crippen LogP contribution in [0.3, 0.4) is 0 Å². The summed E-state index contributed by atoms with van der Waals surface area (Å²) in [5.41, 5.74) is 1.40. The Morgan fingerprint density at radius 3 is 2.47 bits per heavy atom. The number of aliphatic hydroxyl groups is 1. The molecule has 3 aromatic carbocycles. The van der Waals surface area contributed by atoms with Gasteiger partial charge in [-0.1, -0.05) is 54.8 Å². The van der Waals surface area contributed by atoms with Gasteiger partial charge in [-0.05, 0) is 54.8 Å². The number of fused-ring (bicyclic) bond motifs is 1. The number of nitrogens with zero attached hydrogens (tertiary/aromatic N) is 2.